The Morgan fingerprint density at radius 3 is 2.75 bits per heavy atom. The van der Waals surface area contributed by atoms with Crippen LogP contribution in [0, 0.1) is 0 Å². The van der Waals surface area contributed by atoms with Gasteiger partial charge in [0, 0.05) is 11.8 Å². The highest BCUT2D eigenvalue weighted by Crippen LogP contribution is 2.16. The molecule has 1 atom stereocenters. The van der Waals surface area contributed by atoms with Gasteiger partial charge in [-0.05, 0) is 12.1 Å². The van der Waals surface area contributed by atoms with E-state index in [2.05, 4.69) is 5.32 Å². The molecule has 1 unspecified atom stereocenters. The fraction of sp³-hybridized carbons (Fsp3) is 0.200. The number of nitrogens with one attached hydrogen (secondary N) is 1. The summed E-state index contributed by atoms with van der Waals surface area (Å²) in [6.45, 7) is 0. The Morgan fingerprint density at radius 2 is 2.19 bits per heavy atom. The minimum atomic E-state index is -1.58. The van der Waals surface area contributed by atoms with Gasteiger partial charge >= 0.3 is 5.97 Å². The van der Waals surface area contributed by atoms with Crippen molar-refractivity contribution in [1.29, 1.82) is 0 Å². The predicted octanol–water partition coefficient (Wildman–Crippen LogP) is 0.0456. The van der Waals surface area contributed by atoms with Crippen LogP contribution in [0.25, 0.3) is 0 Å². The quantitative estimate of drug-likeness (QED) is 0.627. The van der Waals surface area contributed by atoms with E-state index in [0.29, 0.717) is 11.4 Å². The van der Waals surface area contributed by atoms with E-state index < -0.39 is 17.9 Å². The van der Waals surface area contributed by atoms with Gasteiger partial charge in [0.05, 0.1) is 7.11 Å². The molecule has 0 spiro atoms. The maximum Gasteiger partial charge on any atom is 0.330 e. The summed E-state index contributed by atoms with van der Waals surface area (Å²) in [5.41, 5.74) is 5.57. The smallest absolute Gasteiger partial charge is 0.330 e. The number of benzene rings is 1. The zero-order chi connectivity index (χ0) is 12.1. The van der Waals surface area contributed by atoms with Crippen LogP contribution < -0.4 is 15.8 Å². The molecule has 0 radical (unpaired) electrons. The second kappa shape index (κ2) is 5.13. The third-order valence-electron chi connectivity index (χ3n) is 1.89. The number of carbonyl (C=O) groups excluding carboxylic acids is 1. The molecule has 16 heavy (non-hydrogen) atoms. The first kappa shape index (κ1) is 12.0. The van der Waals surface area contributed by atoms with Gasteiger partial charge in [0.25, 0.3) is 5.91 Å². The Labute approximate surface area is 92.0 Å². The maximum absolute atomic E-state index is 11.3. The molecule has 1 aromatic carbocycles. The molecule has 0 heterocycles. The number of carboxylic acids is 1. The zero-order valence-electron chi connectivity index (χ0n) is 8.64. The molecule has 1 aromatic rings. The minimum absolute atomic E-state index is 0.432. The first-order valence-electron chi connectivity index (χ1n) is 4.48. The Morgan fingerprint density at radius 1 is 1.50 bits per heavy atom. The Balaban J connectivity index is 2.73. The average Bonchev–Trinajstić information content (AvgIpc) is 2.28. The fourth-order valence-electron chi connectivity index (χ4n) is 1.03. The van der Waals surface area contributed by atoms with Gasteiger partial charge in [0.1, 0.15) is 5.75 Å². The lowest BCUT2D eigenvalue weighted by molar-refractivity contribution is -0.141. The highest BCUT2D eigenvalue weighted by molar-refractivity contribution is 6.07. The highest BCUT2D eigenvalue weighted by Gasteiger charge is 2.20. The van der Waals surface area contributed by atoms with Crippen molar-refractivity contribution in [1.82, 2.24) is 0 Å². The number of nitrogens with two attached hydrogens (primary N) is 1. The number of hydrogen-bond donors (Lipinski definition) is 3. The van der Waals surface area contributed by atoms with Crippen molar-refractivity contribution in [3.05, 3.63) is 24.3 Å². The van der Waals surface area contributed by atoms with E-state index in [0.717, 1.165) is 0 Å². The van der Waals surface area contributed by atoms with Crippen LogP contribution in [0.1, 0.15) is 0 Å². The summed E-state index contributed by atoms with van der Waals surface area (Å²) in [6, 6.07) is 4.96. The van der Waals surface area contributed by atoms with Crippen molar-refractivity contribution in [3.63, 3.8) is 0 Å². The summed E-state index contributed by atoms with van der Waals surface area (Å²) in [5, 5.41) is 10.9. The zero-order valence-corrected chi connectivity index (χ0v) is 8.64. The largest absolute Gasteiger partial charge is 0.497 e. The van der Waals surface area contributed by atoms with Crippen molar-refractivity contribution >= 4 is 17.6 Å². The molecule has 0 saturated carbocycles. The van der Waals surface area contributed by atoms with Crippen LogP contribution in [0.3, 0.4) is 0 Å². The lowest BCUT2D eigenvalue weighted by atomic mass is 10.2. The van der Waals surface area contributed by atoms with Gasteiger partial charge in [-0.3, -0.25) is 4.79 Å². The molecule has 6 nitrogen and oxygen atoms in total. The number of anilines is 1. The average molecular weight is 224 g/mol. The number of ether oxygens (including phenoxy) is 1. The molecule has 1 rings (SSSR count). The van der Waals surface area contributed by atoms with Crippen LogP contribution in [0.2, 0.25) is 0 Å². The van der Waals surface area contributed by atoms with Crippen LogP contribution in [-0.4, -0.2) is 30.1 Å². The number of methoxy groups -OCH3 is 1. The number of carboxylic acid groups (broad SMARTS) is 1. The molecule has 0 saturated heterocycles. The molecule has 0 fully saturated rings. The highest BCUT2D eigenvalue weighted by atomic mass is 16.5. The van der Waals surface area contributed by atoms with Crippen LogP contribution >= 0.6 is 0 Å². The van der Waals surface area contributed by atoms with Gasteiger partial charge in [0.15, 0.2) is 6.04 Å². The van der Waals surface area contributed by atoms with E-state index in [1.165, 1.54) is 7.11 Å². The number of hydrogen-bond acceptors (Lipinski definition) is 4. The SMILES string of the molecule is COc1cccc(NC(=O)C(N)C(=O)O)c1. The Kier molecular flexibility index (Phi) is 3.84. The van der Waals surface area contributed by atoms with Crippen molar-refractivity contribution in [2.75, 3.05) is 12.4 Å². The Hall–Kier alpha value is -2.08. The van der Waals surface area contributed by atoms with Crippen molar-refractivity contribution in [2.24, 2.45) is 5.73 Å². The molecule has 1 amide bonds. The summed E-state index contributed by atoms with van der Waals surface area (Å²) in [4.78, 5) is 21.7. The van der Waals surface area contributed by atoms with Crippen molar-refractivity contribution in [2.45, 2.75) is 6.04 Å². The molecule has 0 aliphatic carbocycles. The number of aliphatic carboxylic acids is 1. The monoisotopic (exact) mass is 224 g/mol. The topological polar surface area (TPSA) is 102 Å². The third kappa shape index (κ3) is 2.96. The predicted molar refractivity (Wildman–Crippen MR) is 57.2 cm³/mol. The van der Waals surface area contributed by atoms with E-state index >= 15 is 0 Å². The van der Waals surface area contributed by atoms with Gasteiger partial charge in [-0.15, -0.1) is 0 Å². The Bertz CT molecular complexity index is 406. The first-order valence-corrected chi connectivity index (χ1v) is 4.48. The van der Waals surface area contributed by atoms with Crippen LogP contribution in [0.5, 0.6) is 5.75 Å². The molecule has 0 aliphatic rings. The molecule has 0 bridgehead atoms. The van der Waals surface area contributed by atoms with E-state index in [4.69, 9.17) is 15.6 Å². The van der Waals surface area contributed by atoms with Gasteiger partial charge in [-0.1, -0.05) is 6.07 Å². The normalized spacial score (nSPS) is 11.6. The number of amides is 1. The van der Waals surface area contributed by atoms with Crippen LogP contribution in [0.15, 0.2) is 24.3 Å². The van der Waals surface area contributed by atoms with E-state index in [1.807, 2.05) is 0 Å². The van der Waals surface area contributed by atoms with Crippen LogP contribution in [0.4, 0.5) is 5.69 Å². The van der Waals surface area contributed by atoms with Crippen LogP contribution in [-0.2, 0) is 9.59 Å². The fourth-order valence-corrected chi connectivity index (χ4v) is 1.03. The molecular weight excluding hydrogens is 212 g/mol. The third-order valence-corrected chi connectivity index (χ3v) is 1.89. The number of rotatable bonds is 4. The standard InChI is InChI=1S/C10H12N2O4/c1-16-7-4-2-3-6(5-7)12-9(13)8(11)10(14)15/h2-5,8H,11H2,1H3,(H,12,13)(H,14,15). The molecule has 0 aromatic heterocycles. The number of carbonyl (C=O) groups is 2. The maximum atomic E-state index is 11.3. The van der Waals surface area contributed by atoms with Gasteiger partial charge < -0.3 is 20.9 Å². The second-order valence-electron chi connectivity index (χ2n) is 3.04. The summed E-state index contributed by atoms with van der Waals surface area (Å²) in [6.07, 6.45) is 0. The lowest BCUT2D eigenvalue weighted by Gasteiger charge is -2.09. The van der Waals surface area contributed by atoms with Crippen molar-refractivity contribution < 1.29 is 19.4 Å². The summed E-state index contributed by atoms with van der Waals surface area (Å²) >= 11 is 0. The van der Waals surface area contributed by atoms with E-state index in [-0.39, 0.29) is 0 Å². The minimum Gasteiger partial charge on any atom is -0.497 e. The molecule has 6 heteroatoms. The van der Waals surface area contributed by atoms with Gasteiger partial charge in [-0.25, -0.2) is 4.79 Å². The van der Waals surface area contributed by atoms with Gasteiger partial charge in [-0.2, -0.15) is 0 Å². The molecule has 86 valence electrons. The first-order chi connectivity index (χ1) is 7.54. The van der Waals surface area contributed by atoms with Crippen molar-refractivity contribution in [3.8, 4) is 5.75 Å². The summed E-state index contributed by atoms with van der Waals surface area (Å²) in [7, 11) is 1.49. The molecular formula is C10H12N2O4. The molecule has 0 aliphatic heterocycles. The summed E-state index contributed by atoms with van der Waals surface area (Å²) in [5.74, 6) is -1.59. The second-order valence-corrected chi connectivity index (χ2v) is 3.04. The van der Waals surface area contributed by atoms with E-state index in [9.17, 15) is 9.59 Å². The molecule has 4 N–H and O–H groups in total. The lowest BCUT2D eigenvalue weighted by Crippen LogP contribution is -2.42. The van der Waals surface area contributed by atoms with E-state index in [1.54, 1.807) is 24.3 Å². The van der Waals surface area contributed by atoms with Gasteiger partial charge in [0.2, 0.25) is 0 Å². The summed E-state index contributed by atoms with van der Waals surface area (Å²) < 4.78 is 4.95.